The van der Waals surface area contributed by atoms with Gasteiger partial charge in [0.05, 0.1) is 0 Å². The van der Waals surface area contributed by atoms with Crippen LogP contribution in [0.5, 0.6) is 11.5 Å². The highest BCUT2D eigenvalue weighted by Gasteiger charge is 2.12. The van der Waals surface area contributed by atoms with Crippen molar-refractivity contribution in [1.82, 2.24) is 0 Å². The number of hydrogen-bond acceptors (Lipinski definition) is 2. The maximum absolute atomic E-state index is 10.5. The van der Waals surface area contributed by atoms with Gasteiger partial charge in [-0.15, -0.1) is 0 Å². The molecule has 0 aliphatic heterocycles. The molecule has 2 nitrogen and oxygen atoms in total. The van der Waals surface area contributed by atoms with E-state index in [4.69, 9.17) is 0 Å². The summed E-state index contributed by atoms with van der Waals surface area (Å²) in [6.07, 6.45) is 8.11. The van der Waals surface area contributed by atoms with Crippen LogP contribution in [0.1, 0.15) is 47.2 Å². The molecule has 23 heavy (non-hydrogen) atoms. The van der Waals surface area contributed by atoms with Gasteiger partial charge in [-0.25, -0.2) is 0 Å². The van der Waals surface area contributed by atoms with Crippen LogP contribution in [-0.4, -0.2) is 10.2 Å². The van der Waals surface area contributed by atoms with E-state index in [2.05, 4.69) is 0 Å². The van der Waals surface area contributed by atoms with Crippen LogP contribution in [0.3, 0.4) is 0 Å². The fraction of sp³-hybridized carbons (Fsp3) is 0.238. The van der Waals surface area contributed by atoms with Crippen LogP contribution in [-0.2, 0) is 6.42 Å². The summed E-state index contributed by atoms with van der Waals surface area (Å²) in [6, 6.07) is 7.86. The van der Waals surface area contributed by atoms with Gasteiger partial charge >= 0.3 is 0 Å². The minimum atomic E-state index is 0.280. The van der Waals surface area contributed by atoms with Crippen molar-refractivity contribution in [1.29, 1.82) is 0 Å². The monoisotopic (exact) mass is 308 g/mol. The maximum Gasteiger partial charge on any atom is 0.126 e. The highest BCUT2D eigenvalue weighted by atomic mass is 16.3. The number of aryl methyl sites for hydroxylation is 2. The van der Waals surface area contributed by atoms with Gasteiger partial charge < -0.3 is 10.2 Å². The zero-order valence-corrected chi connectivity index (χ0v) is 14.2. The van der Waals surface area contributed by atoms with E-state index in [0.29, 0.717) is 6.42 Å². The Labute approximate surface area is 138 Å². The van der Waals surface area contributed by atoms with Crippen LogP contribution in [0.4, 0.5) is 0 Å². The predicted octanol–water partition coefficient (Wildman–Crippen LogP) is 5.37. The van der Waals surface area contributed by atoms with Crippen LogP contribution < -0.4 is 0 Å². The summed E-state index contributed by atoms with van der Waals surface area (Å²) in [6.45, 7) is 7.88. The van der Waals surface area contributed by atoms with Crippen LogP contribution in [0.15, 0.2) is 36.4 Å². The summed E-state index contributed by atoms with van der Waals surface area (Å²) >= 11 is 0. The Morgan fingerprint density at radius 3 is 1.48 bits per heavy atom. The van der Waals surface area contributed by atoms with E-state index in [1.54, 1.807) is 0 Å². The molecule has 0 aliphatic carbocycles. The third-order valence-electron chi connectivity index (χ3n) is 3.80. The molecule has 2 N–H and O–H groups in total. The lowest BCUT2D eigenvalue weighted by molar-refractivity contribution is 0.461. The average Bonchev–Trinajstić information content (AvgIpc) is 2.49. The molecule has 2 aromatic rings. The highest BCUT2D eigenvalue weighted by Crippen LogP contribution is 2.32. The van der Waals surface area contributed by atoms with Gasteiger partial charge in [-0.3, -0.25) is 0 Å². The van der Waals surface area contributed by atoms with Crippen molar-refractivity contribution in [3.05, 3.63) is 69.8 Å². The van der Waals surface area contributed by atoms with Crippen molar-refractivity contribution in [2.75, 3.05) is 0 Å². The fourth-order valence-electron chi connectivity index (χ4n) is 2.86. The molecule has 2 heteroatoms. The second kappa shape index (κ2) is 7.19. The van der Waals surface area contributed by atoms with Crippen LogP contribution in [0.2, 0.25) is 0 Å². The van der Waals surface area contributed by atoms with E-state index in [0.717, 1.165) is 33.4 Å². The van der Waals surface area contributed by atoms with E-state index in [1.807, 2.05) is 76.3 Å². The van der Waals surface area contributed by atoms with Crippen molar-refractivity contribution >= 4 is 12.2 Å². The van der Waals surface area contributed by atoms with Crippen LogP contribution in [0.25, 0.3) is 12.2 Å². The van der Waals surface area contributed by atoms with E-state index in [1.165, 1.54) is 0 Å². The van der Waals surface area contributed by atoms with Gasteiger partial charge in [-0.1, -0.05) is 36.4 Å². The Bertz CT molecular complexity index is 702. The van der Waals surface area contributed by atoms with E-state index in [-0.39, 0.29) is 11.5 Å². The predicted molar refractivity (Wildman–Crippen MR) is 97.9 cm³/mol. The summed E-state index contributed by atoms with van der Waals surface area (Å²) in [5.41, 5.74) is 5.45. The quantitative estimate of drug-likeness (QED) is 0.797. The molecule has 0 saturated carbocycles. The average molecular weight is 308 g/mol. The highest BCUT2D eigenvalue weighted by molar-refractivity contribution is 5.64. The molecule has 0 bridgehead atoms. The first-order valence-corrected chi connectivity index (χ1v) is 7.86. The lowest BCUT2D eigenvalue weighted by Crippen LogP contribution is -1.95. The first-order chi connectivity index (χ1) is 11.0. The molecule has 0 spiro atoms. The number of aromatic hydroxyl groups is 2. The molecule has 0 fully saturated rings. The normalized spacial score (nSPS) is 11.7. The maximum atomic E-state index is 10.5. The summed E-state index contributed by atoms with van der Waals surface area (Å²) in [7, 11) is 0. The minimum absolute atomic E-state index is 0.280. The summed E-state index contributed by atoms with van der Waals surface area (Å²) < 4.78 is 0. The Morgan fingerprint density at radius 1 is 0.739 bits per heavy atom. The van der Waals surface area contributed by atoms with Gasteiger partial charge in [-0.05, 0) is 62.1 Å². The summed E-state index contributed by atoms with van der Waals surface area (Å²) in [5, 5.41) is 21.0. The van der Waals surface area contributed by atoms with E-state index < -0.39 is 0 Å². The van der Waals surface area contributed by atoms with Gasteiger partial charge in [0.1, 0.15) is 11.5 Å². The van der Waals surface area contributed by atoms with Gasteiger partial charge in [0.2, 0.25) is 0 Å². The van der Waals surface area contributed by atoms with Crippen LogP contribution in [0, 0.1) is 13.8 Å². The molecule has 0 atom stereocenters. The molecule has 120 valence electrons. The number of phenolic OH excluding ortho intramolecular Hbond substituents is 2. The SMILES string of the molecule is C/C=C/c1cc(C)cc(Cc2cc(C)cc(/C=C/C)c2O)c1O. The second-order valence-electron chi connectivity index (χ2n) is 5.90. The van der Waals surface area contributed by atoms with Crippen molar-refractivity contribution in [3.63, 3.8) is 0 Å². The number of allylic oxidation sites excluding steroid dienone is 2. The topological polar surface area (TPSA) is 40.5 Å². The lowest BCUT2D eigenvalue weighted by Gasteiger charge is -2.13. The smallest absolute Gasteiger partial charge is 0.126 e. The number of rotatable bonds is 4. The Morgan fingerprint density at radius 2 is 1.13 bits per heavy atom. The zero-order chi connectivity index (χ0) is 17.0. The standard InChI is InChI=1S/C21H24O2/c1-5-7-16-9-14(3)11-18(20(16)22)13-19-12-15(4)10-17(8-6-2)21(19)23/h5-12,22-23H,13H2,1-4H3/b7-5+,8-6+. The Balaban J connectivity index is 2.51. The third-order valence-corrected chi connectivity index (χ3v) is 3.80. The minimum Gasteiger partial charge on any atom is -0.507 e. The molecule has 0 aliphatic rings. The zero-order valence-electron chi connectivity index (χ0n) is 14.2. The number of phenols is 2. The molecule has 0 heterocycles. The fourth-order valence-corrected chi connectivity index (χ4v) is 2.86. The summed E-state index contributed by atoms with van der Waals surface area (Å²) in [4.78, 5) is 0. The van der Waals surface area contributed by atoms with Gasteiger partial charge in [-0.2, -0.15) is 0 Å². The van der Waals surface area contributed by atoms with Crippen molar-refractivity contribution < 1.29 is 10.2 Å². The lowest BCUT2D eigenvalue weighted by atomic mass is 9.95. The molecule has 2 rings (SSSR count). The molecule has 0 aromatic heterocycles. The van der Waals surface area contributed by atoms with Gasteiger partial charge in [0.15, 0.2) is 0 Å². The molecule has 0 saturated heterocycles. The van der Waals surface area contributed by atoms with Crippen molar-refractivity contribution in [2.24, 2.45) is 0 Å². The molecular formula is C21H24O2. The van der Waals surface area contributed by atoms with Crippen molar-refractivity contribution in [3.8, 4) is 11.5 Å². The first-order valence-electron chi connectivity index (χ1n) is 7.86. The number of hydrogen-bond donors (Lipinski definition) is 2. The second-order valence-corrected chi connectivity index (χ2v) is 5.90. The van der Waals surface area contributed by atoms with Gasteiger partial charge in [0, 0.05) is 17.5 Å². The first kappa shape index (κ1) is 16.9. The van der Waals surface area contributed by atoms with E-state index >= 15 is 0 Å². The largest absolute Gasteiger partial charge is 0.507 e. The number of benzene rings is 2. The molecule has 0 unspecified atom stereocenters. The molecule has 0 amide bonds. The van der Waals surface area contributed by atoms with Gasteiger partial charge in [0.25, 0.3) is 0 Å². The summed E-state index contributed by atoms with van der Waals surface area (Å²) in [5.74, 6) is 0.560. The Hall–Kier alpha value is -2.48. The third kappa shape index (κ3) is 3.84. The molecule has 0 radical (unpaired) electrons. The van der Waals surface area contributed by atoms with E-state index in [9.17, 15) is 10.2 Å². The Kier molecular flexibility index (Phi) is 5.28. The van der Waals surface area contributed by atoms with Crippen molar-refractivity contribution in [2.45, 2.75) is 34.1 Å². The molecular weight excluding hydrogens is 284 g/mol. The molecule has 2 aromatic carbocycles. The van der Waals surface area contributed by atoms with Crippen LogP contribution >= 0.6 is 0 Å².